The number of hydrogen-bond donors (Lipinski definition) is 0. The Labute approximate surface area is 384 Å². The summed E-state index contributed by atoms with van der Waals surface area (Å²) in [5, 5.41) is 3.48. The molecule has 10 aromatic carbocycles. The van der Waals surface area contributed by atoms with Gasteiger partial charge in [0.25, 0.3) is 0 Å². The van der Waals surface area contributed by atoms with Crippen molar-refractivity contribution < 1.29 is 0 Å². The summed E-state index contributed by atoms with van der Waals surface area (Å²) in [6, 6.07) is 90.6. The van der Waals surface area contributed by atoms with Crippen LogP contribution in [0.3, 0.4) is 0 Å². The van der Waals surface area contributed by atoms with E-state index in [4.69, 9.17) is 9.97 Å². The van der Waals surface area contributed by atoms with Crippen LogP contribution in [0.4, 0.5) is 17.1 Å². The van der Waals surface area contributed by atoms with Gasteiger partial charge in [0.05, 0.1) is 22.2 Å². The first-order valence-corrected chi connectivity index (χ1v) is 22.4. The SMILES string of the molecule is c1ccc(-c2ccc(-c3ccc(N(c4ccccc4)c4ccc(-n5c6ccccc6c6ccc(-c7ccc(-c8nc(-c9ccccc9)c9ccccc9n8)cc7)cc65)cc4)cc3)cc2)cc1. The third-order valence-electron chi connectivity index (χ3n) is 12.6. The molecule has 0 saturated heterocycles. The second kappa shape index (κ2) is 16.7. The predicted octanol–water partition coefficient (Wildman–Crippen LogP) is 16.5. The van der Waals surface area contributed by atoms with Crippen LogP contribution in [0.15, 0.2) is 255 Å². The van der Waals surface area contributed by atoms with E-state index in [1.807, 2.05) is 18.2 Å². The van der Waals surface area contributed by atoms with Gasteiger partial charge in [-0.25, -0.2) is 9.97 Å². The molecule has 0 aliphatic carbocycles. The van der Waals surface area contributed by atoms with Crippen LogP contribution in [0.2, 0.25) is 0 Å². The first-order valence-electron chi connectivity index (χ1n) is 22.4. The third kappa shape index (κ3) is 7.17. The van der Waals surface area contributed by atoms with Crippen LogP contribution < -0.4 is 4.90 Å². The van der Waals surface area contributed by atoms with Crippen LogP contribution in [0.25, 0.3) is 94.4 Å². The van der Waals surface area contributed by atoms with Crippen molar-refractivity contribution in [2.75, 3.05) is 4.90 Å². The number of aromatic nitrogens is 3. The average Bonchev–Trinajstić information content (AvgIpc) is 3.73. The topological polar surface area (TPSA) is 34.0 Å². The summed E-state index contributed by atoms with van der Waals surface area (Å²) >= 11 is 0. The molecule has 2 heterocycles. The molecule has 0 aliphatic rings. The number of hydrogen-bond acceptors (Lipinski definition) is 3. The molecule has 310 valence electrons. The molecule has 0 bridgehead atoms. The van der Waals surface area contributed by atoms with E-state index in [1.165, 1.54) is 38.5 Å². The number of rotatable bonds is 9. The van der Waals surface area contributed by atoms with Gasteiger partial charge in [0.1, 0.15) is 0 Å². The van der Waals surface area contributed by atoms with E-state index in [1.54, 1.807) is 0 Å². The fourth-order valence-corrected chi connectivity index (χ4v) is 9.33. The van der Waals surface area contributed by atoms with Gasteiger partial charge in [0, 0.05) is 50.0 Å². The zero-order valence-corrected chi connectivity index (χ0v) is 36.0. The van der Waals surface area contributed by atoms with Gasteiger partial charge in [-0.1, -0.05) is 188 Å². The van der Waals surface area contributed by atoms with Gasteiger partial charge in [-0.15, -0.1) is 0 Å². The molecule has 12 rings (SSSR count). The minimum Gasteiger partial charge on any atom is -0.311 e. The summed E-state index contributed by atoms with van der Waals surface area (Å²) in [6.45, 7) is 0. The Kier molecular flexibility index (Phi) is 9.81. The molecule has 4 nitrogen and oxygen atoms in total. The van der Waals surface area contributed by atoms with E-state index in [2.05, 4.69) is 246 Å². The van der Waals surface area contributed by atoms with Crippen LogP contribution in [0.1, 0.15) is 0 Å². The van der Waals surface area contributed by atoms with E-state index in [9.17, 15) is 0 Å². The normalized spacial score (nSPS) is 11.3. The van der Waals surface area contributed by atoms with Gasteiger partial charge >= 0.3 is 0 Å². The summed E-state index contributed by atoms with van der Waals surface area (Å²) in [4.78, 5) is 12.4. The van der Waals surface area contributed by atoms with Crippen molar-refractivity contribution in [1.82, 2.24) is 14.5 Å². The maximum Gasteiger partial charge on any atom is 0.160 e. The second-order valence-electron chi connectivity index (χ2n) is 16.6. The minimum absolute atomic E-state index is 0.714. The van der Waals surface area contributed by atoms with Gasteiger partial charge in [0.15, 0.2) is 5.82 Å². The second-order valence-corrected chi connectivity index (χ2v) is 16.6. The Balaban J connectivity index is 0.875. The molecule has 0 amide bonds. The first-order chi connectivity index (χ1) is 32.7. The first kappa shape index (κ1) is 38.8. The quantitative estimate of drug-likeness (QED) is 0.145. The summed E-state index contributed by atoms with van der Waals surface area (Å²) < 4.78 is 2.39. The van der Waals surface area contributed by atoms with Crippen LogP contribution in [-0.2, 0) is 0 Å². The van der Waals surface area contributed by atoms with Crippen molar-refractivity contribution in [3.63, 3.8) is 0 Å². The molecule has 0 N–H and O–H groups in total. The lowest BCUT2D eigenvalue weighted by atomic mass is 10.00. The molecule has 2 aromatic heterocycles. The number of fused-ring (bicyclic) bond motifs is 4. The zero-order valence-electron chi connectivity index (χ0n) is 36.0. The Hall–Kier alpha value is -8.86. The van der Waals surface area contributed by atoms with E-state index in [0.29, 0.717) is 5.82 Å². The number of para-hydroxylation sites is 3. The highest BCUT2D eigenvalue weighted by atomic mass is 15.1. The maximum absolute atomic E-state index is 5.11. The summed E-state index contributed by atoms with van der Waals surface area (Å²) in [6.07, 6.45) is 0. The monoisotopic (exact) mass is 842 g/mol. The highest BCUT2D eigenvalue weighted by Gasteiger charge is 2.17. The largest absolute Gasteiger partial charge is 0.311 e. The summed E-state index contributed by atoms with van der Waals surface area (Å²) in [5.41, 5.74) is 17.7. The maximum atomic E-state index is 5.11. The summed E-state index contributed by atoms with van der Waals surface area (Å²) in [5.74, 6) is 0.714. The summed E-state index contributed by atoms with van der Waals surface area (Å²) in [7, 11) is 0. The van der Waals surface area contributed by atoms with Crippen LogP contribution in [0, 0.1) is 0 Å². The van der Waals surface area contributed by atoms with Crippen molar-refractivity contribution in [3.05, 3.63) is 255 Å². The molecule has 0 spiro atoms. The van der Waals surface area contributed by atoms with E-state index >= 15 is 0 Å². The van der Waals surface area contributed by atoms with Crippen molar-refractivity contribution in [2.24, 2.45) is 0 Å². The Bertz CT molecular complexity index is 3640. The Morgan fingerprint density at radius 1 is 0.288 bits per heavy atom. The fraction of sp³-hybridized carbons (Fsp3) is 0. The van der Waals surface area contributed by atoms with Crippen molar-refractivity contribution in [2.45, 2.75) is 0 Å². The molecule has 0 saturated carbocycles. The molecule has 0 fully saturated rings. The lowest BCUT2D eigenvalue weighted by Gasteiger charge is -2.26. The predicted molar refractivity (Wildman–Crippen MR) is 276 cm³/mol. The molecule has 4 heteroatoms. The van der Waals surface area contributed by atoms with Crippen LogP contribution in [0.5, 0.6) is 0 Å². The Morgan fingerprint density at radius 3 is 1.38 bits per heavy atom. The van der Waals surface area contributed by atoms with E-state index in [-0.39, 0.29) is 0 Å². The smallest absolute Gasteiger partial charge is 0.160 e. The van der Waals surface area contributed by atoms with Gasteiger partial charge in [-0.3, -0.25) is 0 Å². The molecular formula is C62H42N4. The number of anilines is 3. The standard InChI is InChI=1S/C62H42N4/c1-4-14-43(15-5-1)44-24-26-45(27-25-44)46-32-35-52(36-33-46)65(51-18-8-3-9-19-51)53-37-39-54(40-38-53)66-59-23-13-11-20-55(59)56-41-34-50(42-60(56)66)47-28-30-49(31-29-47)62-63-58-22-12-10-21-57(58)61(64-62)48-16-6-2-7-17-48/h1-42H. The average molecular weight is 843 g/mol. The van der Waals surface area contributed by atoms with E-state index < -0.39 is 0 Å². The third-order valence-corrected chi connectivity index (χ3v) is 12.6. The van der Waals surface area contributed by atoms with Gasteiger partial charge in [-0.05, 0) is 100 Å². The van der Waals surface area contributed by atoms with Crippen molar-refractivity contribution in [1.29, 1.82) is 0 Å². The molecule has 0 atom stereocenters. The molecule has 0 unspecified atom stereocenters. The molecular weight excluding hydrogens is 801 g/mol. The molecule has 66 heavy (non-hydrogen) atoms. The molecule has 0 radical (unpaired) electrons. The van der Waals surface area contributed by atoms with Gasteiger partial charge in [-0.2, -0.15) is 0 Å². The van der Waals surface area contributed by atoms with Crippen molar-refractivity contribution in [3.8, 4) is 61.7 Å². The molecule has 0 aliphatic heterocycles. The molecule has 12 aromatic rings. The number of benzene rings is 10. The van der Waals surface area contributed by atoms with Gasteiger partial charge in [0.2, 0.25) is 0 Å². The number of nitrogens with zero attached hydrogens (tertiary/aromatic N) is 4. The van der Waals surface area contributed by atoms with Gasteiger partial charge < -0.3 is 9.47 Å². The highest BCUT2D eigenvalue weighted by molar-refractivity contribution is 6.10. The fourth-order valence-electron chi connectivity index (χ4n) is 9.33. The van der Waals surface area contributed by atoms with Crippen LogP contribution >= 0.6 is 0 Å². The lowest BCUT2D eigenvalue weighted by molar-refractivity contribution is 1.17. The van der Waals surface area contributed by atoms with Crippen LogP contribution in [-0.4, -0.2) is 14.5 Å². The van der Waals surface area contributed by atoms with E-state index in [0.717, 1.165) is 67.1 Å². The highest BCUT2D eigenvalue weighted by Crippen LogP contribution is 2.39. The van der Waals surface area contributed by atoms with Crippen molar-refractivity contribution >= 4 is 49.8 Å². The minimum atomic E-state index is 0.714. The zero-order chi connectivity index (χ0) is 43.8. The lowest BCUT2D eigenvalue weighted by Crippen LogP contribution is -2.10. The Morgan fingerprint density at radius 2 is 0.727 bits per heavy atom.